The van der Waals surface area contributed by atoms with Crippen LogP contribution in [0.25, 0.3) is 0 Å². The number of alkyl halides is 3. The molecule has 1 nitrogen and oxygen atoms in total. The molecule has 2 aromatic rings. The summed E-state index contributed by atoms with van der Waals surface area (Å²) in [5.41, 5.74) is -0.893. The highest BCUT2D eigenvalue weighted by Gasteiger charge is 2.34. The molecule has 1 unspecified atom stereocenters. The maximum atomic E-state index is 13.2. The molecular formula is C14H9F4IO. The molecule has 2 rings (SSSR count). The molecule has 6 heteroatoms. The van der Waals surface area contributed by atoms with E-state index in [-0.39, 0.29) is 5.56 Å². The van der Waals surface area contributed by atoms with Gasteiger partial charge in [0.25, 0.3) is 0 Å². The minimum Gasteiger partial charge on any atom is -0.384 e. The van der Waals surface area contributed by atoms with Crippen LogP contribution >= 0.6 is 22.6 Å². The zero-order chi connectivity index (χ0) is 14.9. The summed E-state index contributed by atoms with van der Waals surface area (Å²) in [4.78, 5) is 0. The number of aliphatic hydroxyl groups is 1. The summed E-state index contributed by atoms with van der Waals surface area (Å²) in [6, 6.07) is 9.29. The molecule has 0 saturated carbocycles. The van der Waals surface area contributed by atoms with E-state index in [0.717, 1.165) is 15.7 Å². The Morgan fingerprint density at radius 3 is 2.30 bits per heavy atom. The Morgan fingerprint density at radius 2 is 1.70 bits per heavy atom. The van der Waals surface area contributed by atoms with Gasteiger partial charge in [-0.25, -0.2) is 4.39 Å². The average molecular weight is 396 g/mol. The first kappa shape index (κ1) is 15.2. The second kappa shape index (κ2) is 5.69. The summed E-state index contributed by atoms with van der Waals surface area (Å²) in [5, 5.41) is 10.2. The van der Waals surface area contributed by atoms with E-state index in [4.69, 9.17) is 0 Å². The second-order valence-electron chi connectivity index (χ2n) is 4.16. The lowest BCUT2D eigenvalue weighted by Crippen LogP contribution is -2.10. The monoisotopic (exact) mass is 396 g/mol. The van der Waals surface area contributed by atoms with Crippen molar-refractivity contribution < 1.29 is 22.7 Å². The second-order valence-corrected chi connectivity index (χ2v) is 5.32. The van der Waals surface area contributed by atoms with Crippen LogP contribution in [0.2, 0.25) is 0 Å². The summed E-state index contributed by atoms with van der Waals surface area (Å²) in [6.45, 7) is 0. The Kier molecular flexibility index (Phi) is 4.33. The van der Waals surface area contributed by atoms with Crippen molar-refractivity contribution in [3.8, 4) is 0 Å². The van der Waals surface area contributed by atoms with Gasteiger partial charge >= 0.3 is 6.18 Å². The van der Waals surface area contributed by atoms with E-state index in [1.807, 2.05) is 22.6 Å². The van der Waals surface area contributed by atoms with Gasteiger partial charge in [0.05, 0.1) is 5.56 Å². The molecule has 0 spiro atoms. The van der Waals surface area contributed by atoms with Gasteiger partial charge in [-0.1, -0.05) is 24.3 Å². The smallest absolute Gasteiger partial charge is 0.384 e. The molecule has 106 valence electrons. The highest BCUT2D eigenvalue weighted by Crippen LogP contribution is 2.34. The number of hydrogen-bond donors (Lipinski definition) is 1. The van der Waals surface area contributed by atoms with Crippen LogP contribution in [0.1, 0.15) is 22.8 Å². The SMILES string of the molecule is OC(c1ccc(F)c(C(F)(F)F)c1)c1ccccc1I. The maximum Gasteiger partial charge on any atom is 0.419 e. The summed E-state index contributed by atoms with van der Waals surface area (Å²) in [6.07, 6.45) is -6.02. The van der Waals surface area contributed by atoms with Gasteiger partial charge in [0, 0.05) is 3.57 Å². The summed E-state index contributed by atoms with van der Waals surface area (Å²) in [7, 11) is 0. The van der Waals surface area contributed by atoms with Crippen LogP contribution in [0.4, 0.5) is 17.6 Å². The molecule has 0 aliphatic heterocycles. The summed E-state index contributed by atoms with van der Waals surface area (Å²) in [5.74, 6) is -1.35. The first-order chi connectivity index (χ1) is 9.30. The van der Waals surface area contributed by atoms with Crippen LogP contribution in [0.15, 0.2) is 42.5 Å². The number of aliphatic hydroxyl groups excluding tert-OH is 1. The van der Waals surface area contributed by atoms with E-state index in [1.165, 1.54) is 0 Å². The molecule has 0 bridgehead atoms. The number of hydrogen-bond acceptors (Lipinski definition) is 1. The average Bonchev–Trinajstić information content (AvgIpc) is 2.37. The van der Waals surface area contributed by atoms with Crippen molar-refractivity contribution in [2.75, 3.05) is 0 Å². The Bertz CT molecular complexity index is 625. The fourth-order valence-corrected chi connectivity index (χ4v) is 2.49. The van der Waals surface area contributed by atoms with E-state index in [9.17, 15) is 22.7 Å². The molecular weight excluding hydrogens is 387 g/mol. The van der Waals surface area contributed by atoms with Crippen molar-refractivity contribution in [1.29, 1.82) is 0 Å². The van der Waals surface area contributed by atoms with Gasteiger partial charge in [0.15, 0.2) is 0 Å². The van der Waals surface area contributed by atoms with Crippen molar-refractivity contribution in [2.24, 2.45) is 0 Å². The molecule has 0 heterocycles. The fraction of sp³-hybridized carbons (Fsp3) is 0.143. The Labute approximate surface area is 126 Å². The number of halogens is 5. The predicted octanol–water partition coefficient (Wildman–Crippen LogP) is 4.53. The van der Waals surface area contributed by atoms with Gasteiger partial charge in [-0.15, -0.1) is 0 Å². The molecule has 0 radical (unpaired) electrons. The normalized spacial score (nSPS) is 13.3. The molecule has 0 amide bonds. The topological polar surface area (TPSA) is 20.2 Å². The third-order valence-corrected chi connectivity index (χ3v) is 3.79. The lowest BCUT2D eigenvalue weighted by atomic mass is 9.99. The van der Waals surface area contributed by atoms with Gasteiger partial charge in [-0.2, -0.15) is 13.2 Å². The summed E-state index contributed by atoms with van der Waals surface area (Å²) >= 11 is 1.98. The zero-order valence-corrected chi connectivity index (χ0v) is 12.1. The molecule has 2 aromatic carbocycles. The van der Waals surface area contributed by atoms with Gasteiger partial charge < -0.3 is 5.11 Å². The quantitative estimate of drug-likeness (QED) is 0.585. The Balaban J connectivity index is 2.46. The first-order valence-electron chi connectivity index (χ1n) is 5.60. The molecule has 1 N–H and O–H groups in total. The van der Waals surface area contributed by atoms with Crippen LogP contribution in [-0.4, -0.2) is 5.11 Å². The standard InChI is InChI=1S/C14H9F4IO/c15-11-6-5-8(7-10(11)14(16,17)18)13(20)9-3-1-2-4-12(9)19/h1-7,13,20H. The molecule has 0 aliphatic carbocycles. The lowest BCUT2D eigenvalue weighted by Gasteiger charge is -2.16. The van der Waals surface area contributed by atoms with Crippen molar-refractivity contribution in [3.05, 3.63) is 68.5 Å². The van der Waals surface area contributed by atoms with Crippen molar-refractivity contribution in [3.63, 3.8) is 0 Å². The third kappa shape index (κ3) is 3.12. The van der Waals surface area contributed by atoms with Gasteiger partial charge in [0.1, 0.15) is 11.9 Å². The molecule has 0 saturated heterocycles. The molecule has 1 atom stereocenters. The van der Waals surface area contributed by atoms with E-state index in [0.29, 0.717) is 11.6 Å². The van der Waals surface area contributed by atoms with Crippen molar-refractivity contribution in [1.82, 2.24) is 0 Å². The summed E-state index contributed by atoms with van der Waals surface area (Å²) < 4.78 is 51.9. The minimum absolute atomic E-state index is 0.00263. The van der Waals surface area contributed by atoms with Crippen LogP contribution < -0.4 is 0 Å². The van der Waals surface area contributed by atoms with Gasteiger partial charge in [-0.3, -0.25) is 0 Å². The van der Waals surface area contributed by atoms with Crippen LogP contribution in [0.3, 0.4) is 0 Å². The van der Waals surface area contributed by atoms with E-state index < -0.39 is 23.7 Å². The molecule has 20 heavy (non-hydrogen) atoms. The van der Waals surface area contributed by atoms with Gasteiger partial charge in [-0.05, 0) is 51.9 Å². The van der Waals surface area contributed by atoms with Crippen LogP contribution in [0.5, 0.6) is 0 Å². The molecule has 0 fully saturated rings. The Morgan fingerprint density at radius 1 is 1.05 bits per heavy atom. The van der Waals surface area contributed by atoms with Crippen molar-refractivity contribution >= 4 is 22.6 Å². The predicted molar refractivity (Wildman–Crippen MR) is 74.6 cm³/mol. The number of rotatable bonds is 2. The fourth-order valence-electron chi connectivity index (χ4n) is 1.81. The zero-order valence-electron chi connectivity index (χ0n) is 9.96. The highest BCUT2D eigenvalue weighted by molar-refractivity contribution is 14.1. The minimum atomic E-state index is -4.79. The van der Waals surface area contributed by atoms with E-state index in [2.05, 4.69) is 0 Å². The van der Waals surface area contributed by atoms with Crippen molar-refractivity contribution in [2.45, 2.75) is 12.3 Å². The molecule has 0 aliphatic rings. The van der Waals surface area contributed by atoms with E-state index in [1.54, 1.807) is 24.3 Å². The Hall–Kier alpha value is -1.15. The largest absolute Gasteiger partial charge is 0.419 e. The lowest BCUT2D eigenvalue weighted by molar-refractivity contribution is -0.140. The van der Waals surface area contributed by atoms with Gasteiger partial charge in [0.2, 0.25) is 0 Å². The first-order valence-corrected chi connectivity index (χ1v) is 6.67. The third-order valence-electron chi connectivity index (χ3n) is 2.81. The highest BCUT2D eigenvalue weighted by atomic mass is 127. The molecule has 0 aromatic heterocycles. The number of benzene rings is 2. The van der Waals surface area contributed by atoms with Crippen LogP contribution in [0, 0.1) is 9.39 Å². The van der Waals surface area contributed by atoms with Crippen LogP contribution in [-0.2, 0) is 6.18 Å². The van der Waals surface area contributed by atoms with E-state index >= 15 is 0 Å². The maximum absolute atomic E-state index is 13.2.